The Morgan fingerprint density at radius 1 is 0.939 bits per heavy atom. The molecule has 2 aromatic rings. The summed E-state index contributed by atoms with van der Waals surface area (Å²) in [6, 6.07) is 14.0. The molecule has 1 aliphatic heterocycles. The number of carbonyl (C=O) groups excluding carboxylic acids is 3. The molecule has 9 heteroatoms. The number of urea groups is 1. The highest BCUT2D eigenvalue weighted by Crippen LogP contribution is 2.24. The molecule has 1 fully saturated rings. The van der Waals surface area contributed by atoms with Crippen molar-refractivity contribution in [3.63, 3.8) is 0 Å². The molecule has 9 nitrogen and oxygen atoms in total. The van der Waals surface area contributed by atoms with Crippen molar-refractivity contribution in [1.82, 2.24) is 14.7 Å². The van der Waals surface area contributed by atoms with Gasteiger partial charge in [0, 0.05) is 64.5 Å². The molecule has 0 spiro atoms. The summed E-state index contributed by atoms with van der Waals surface area (Å²) in [7, 11) is 5.05. The smallest absolute Gasteiger partial charge is 0.319 e. The van der Waals surface area contributed by atoms with Gasteiger partial charge in [0.05, 0.1) is 12.8 Å². The minimum atomic E-state index is -0.260. The van der Waals surface area contributed by atoms with Crippen molar-refractivity contribution in [3.8, 4) is 5.75 Å². The number of amides is 4. The molecular formula is C24H31N5O4. The lowest BCUT2D eigenvalue weighted by atomic mass is 10.2. The molecule has 1 heterocycles. The maximum atomic E-state index is 12.5. The van der Waals surface area contributed by atoms with Crippen LogP contribution in [0.25, 0.3) is 0 Å². The summed E-state index contributed by atoms with van der Waals surface area (Å²) in [5.74, 6) is 0.234. The monoisotopic (exact) mass is 453 g/mol. The Kier molecular flexibility index (Phi) is 8.26. The van der Waals surface area contributed by atoms with E-state index in [9.17, 15) is 14.4 Å². The van der Waals surface area contributed by atoms with E-state index >= 15 is 0 Å². The molecule has 0 aromatic heterocycles. The van der Waals surface area contributed by atoms with E-state index in [2.05, 4.69) is 15.5 Å². The molecule has 4 amide bonds. The largest absolute Gasteiger partial charge is 0.495 e. The molecule has 0 saturated carbocycles. The van der Waals surface area contributed by atoms with E-state index in [1.807, 2.05) is 17.0 Å². The summed E-state index contributed by atoms with van der Waals surface area (Å²) in [6.07, 6.45) is 0.359. The number of rotatable bonds is 7. The van der Waals surface area contributed by atoms with Gasteiger partial charge in [0.2, 0.25) is 5.91 Å². The van der Waals surface area contributed by atoms with Gasteiger partial charge in [-0.2, -0.15) is 0 Å². The van der Waals surface area contributed by atoms with Gasteiger partial charge < -0.3 is 25.2 Å². The lowest BCUT2D eigenvalue weighted by Crippen LogP contribution is -2.51. The van der Waals surface area contributed by atoms with Crippen molar-refractivity contribution in [2.75, 3.05) is 64.6 Å². The first-order valence-electron chi connectivity index (χ1n) is 10.9. The molecule has 0 bridgehead atoms. The molecule has 1 saturated heterocycles. The highest BCUT2D eigenvalue weighted by molar-refractivity contribution is 6.05. The number of ether oxygens (including phenoxy) is 1. The van der Waals surface area contributed by atoms with Crippen LogP contribution in [-0.2, 0) is 4.79 Å². The first-order valence-corrected chi connectivity index (χ1v) is 10.9. The Morgan fingerprint density at radius 3 is 2.24 bits per heavy atom. The summed E-state index contributed by atoms with van der Waals surface area (Å²) < 4.78 is 5.25. The number of para-hydroxylation sites is 2. The van der Waals surface area contributed by atoms with Crippen LogP contribution < -0.4 is 15.4 Å². The fourth-order valence-electron chi connectivity index (χ4n) is 3.58. The number of methoxy groups -OCH3 is 1. The number of carbonyl (C=O) groups is 3. The maximum Gasteiger partial charge on any atom is 0.319 e. The van der Waals surface area contributed by atoms with E-state index in [0.717, 1.165) is 13.1 Å². The minimum absolute atomic E-state index is 0.0208. The van der Waals surface area contributed by atoms with Crippen molar-refractivity contribution >= 4 is 29.2 Å². The Hall–Kier alpha value is -3.59. The molecule has 0 aliphatic carbocycles. The van der Waals surface area contributed by atoms with Gasteiger partial charge in [-0.25, -0.2) is 4.79 Å². The highest BCUT2D eigenvalue weighted by atomic mass is 16.5. The zero-order valence-corrected chi connectivity index (χ0v) is 19.3. The molecule has 1 aliphatic rings. The van der Waals surface area contributed by atoms with E-state index in [0.29, 0.717) is 48.7 Å². The Bertz CT molecular complexity index is 969. The van der Waals surface area contributed by atoms with Crippen molar-refractivity contribution < 1.29 is 19.1 Å². The number of piperazine rings is 1. The molecule has 0 atom stereocenters. The van der Waals surface area contributed by atoms with Crippen LogP contribution in [0.5, 0.6) is 5.75 Å². The Morgan fingerprint density at radius 2 is 1.61 bits per heavy atom. The molecular weight excluding hydrogens is 422 g/mol. The zero-order valence-electron chi connectivity index (χ0n) is 19.3. The van der Waals surface area contributed by atoms with Crippen LogP contribution in [0.1, 0.15) is 16.8 Å². The second kappa shape index (κ2) is 11.3. The average molecular weight is 454 g/mol. The van der Waals surface area contributed by atoms with Crippen molar-refractivity contribution in [1.29, 1.82) is 0 Å². The van der Waals surface area contributed by atoms with Crippen molar-refractivity contribution in [2.45, 2.75) is 6.42 Å². The molecule has 33 heavy (non-hydrogen) atoms. The lowest BCUT2D eigenvalue weighted by Gasteiger charge is -2.35. The molecule has 3 rings (SSSR count). The predicted octanol–water partition coefficient (Wildman–Crippen LogP) is 2.58. The molecule has 176 valence electrons. The van der Waals surface area contributed by atoms with Gasteiger partial charge in [0.15, 0.2) is 0 Å². The number of nitrogens with one attached hydrogen (secondary N) is 2. The number of benzene rings is 2. The number of hydrogen-bond donors (Lipinski definition) is 2. The summed E-state index contributed by atoms with van der Waals surface area (Å²) >= 11 is 0. The molecule has 2 N–H and O–H groups in total. The van der Waals surface area contributed by atoms with E-state index in [-0.39, 0.29) is 17.8 Å². The fourth-order valence-corrected chi connectivity index (χ4v) is 3.58. The minimum Gasteiger partial charge on any atom is -0.495 e. The van der Waals surface area contributed by atoms with E-state index in [1.54, 1.807) is 62.5 Å². The first-order chi connectivity index (χ1) is 15.9. The molecule has 2 aromatic carbocycles. The second-order valence-corrected chi connectivity index (χ2v) is 8.04. The van der Waals surface area contributed by atoms with Crippen LogP contribution in [0, 0.1) is 0 Å². The third-order valence-electron chi connectivity index (χ3n) is 5.47. The number of anilines is 2. The Labute approximate surface area is 194 Å². The summed E-state index contributed by atoms with van der Waals surface area (Å²) in [5.41, 5.74) is 1.70. The van der Waals surface area contributed by atoms with Gasteiger partial charge >= 0.3 is 6.03 Å². The van der Waals surface area contributed by atoms with E-state index < -0.39 is 0 Å². The summed E-state index contributed by atoms with van der Waals surface area (Å²) in [4.78, 5) is 42.4. The van der Waals surface area contributed by atoms with Crippen LogP contribution in [0.15, 0.2) is 48.5 Å². The van der Waals surface area contributed by atoms with Crippen LogP contribution in [0.4, 0.5) is 16.2 Å². The zero-order chi connectivity index (χ0) is 23.8. The van der Waals surface area contributed by atoms with Gasteiger partial charge in [-0.3, -0.25) is 14.5 Å². The SMILES string of the molecule is COc1ccccc1NC(=O)c1ccc(NC(=O)CCN2CCN(C(=O)N(C)C)CC2)cc1. The van der Waals surface area contributed by atoms with Gasteiger partial charge in [-0.05, 0) is 36.4 Å². The average Bonchev–Trinajstić information content (AvgIpc) is 2.83. The second-order valence-electron chi connectivity index (χ2n) is 8.04. The van der Waals surface area contributed by atoms with Crippen LogP contribution in [0.3, 0.4) is 0 Å². The summed E-state index contributed by atoms with van der Waals surface area (Å²) in [6.45, 7) is 3.47. The van der Waals surface area contributed by atoms with Crippen LogP contribution >= 0.6 is 0 Å². The first kappa shape index (κ1) is 24.1. The van der Waals surface area contributed by atoms with E-state index in [4.69, 9.17) is 4.74 Å². The number of nitrogens with zero attached hydrogens (tertiary/aromatic N) is 3. The third kappa shape index (κ3) is 6.69. The van der Waals surface area contributed by atoms with Gasteiger partial charge in [0.25, 0.3) is 5.91 Å². The van der Waals surface area contributed by atoms with Gasteiger partial charge in [-0.15, -0.1) is 0 Å². The van der Waals surface area contributed by atoms with E-state index in [1.165, 1.54) is 0 Å². The lowest BCUT2D eigenvalue weighted by molar-refractivity contribution is -0.116. The van der Waals surface area contributed by atoms with Crippen LogP contribution in [0.2, 0.25) is 0 Å². The Balaban J connectivity index is 1.44. The normalized spacial score (nSPS) is 13.8. The molecule has 0 unspecified atom stereocenters. The third-order valence-corrected chi connectivity index (χ3v) is 5.47. The highest BCUT2D eigenvalue weighted by Gasteiger charge is 2.22. The van der Waals surface area contributed by atoms with Crippen molar-refractivity contribution in [2.24, 2.45) is 0 Å². The topological polar surface area (TPSA) is 94.2 Å². The predicted molar refractivity (Wildman–Crippen MR) is 128 cm³/mol. The van der Waals surface area contributed by atoms with Crippen LogP contribution in [-0.4, -0.2) is 86.5 Å². The van der Waals surface area contributed by atoms with Gasteiger partial charge in [0.1, 0.15) is 5.75 Å². The number of hydrogen-bond acceptors (Lipinski definition) is 5. The van der Waals surface area contributed by atoms with Gasteiger partial charge in [-0.1, -0.05) is 12.1 Å². The van der Waals surface area contributed by atoms with Crippen molar-refractivity contribution in [3.05, 3.63) is 54.1 Å². The standard InChI is InChI=1S/C24H31N5O4/c1-27(2)24(32)29-16-14-28(15-17-29)13-12-22(30)25-19-10-8-18(9-11-19)23(31)26-20-6-4-5-7-21(20)33-3/h4-11H,12-17H2,1-3H3,(H,25,30)(H,26,31). The fraction of sp³-hybridized carbons (Fsp3) is 0.375. The summed E-state index contributed by atoms with van der Waals surface area (Å²) in [5, 5.41) is 5.70. The maximum absolute atomic E-state index is 12.5. The molecule has 0 radical (unpaired) electrons. The quantitative estimate of drug-likeness (QED) is 0.672.